The summed E-state index contributed by atoms with van der Waals surface area (Å²) < 4.78 is 0. The van der Waals surface area contributed by atoms with Gasteiger partial charge < -0.3 is 14.9 Å². The molecule has 0 radical (unpaired) electrons. The smallest absolute Gasteiger partial charge is 0.328 e. The minimum absolute atomic E-state index is 0.241. The molecular weight excluding hydrogens is 244 g/mol. The van der Waals surface area contributed by atoms with Crippen LogP contribution in [-0.2, 0) is 9.59 Å². The first-order valence-corrected chi connectivity index (χ1v) is 6.17. The van der Waals surface area contributed by atoms with Crippen LogP contribution in [0.1, 0.15) is 0 Å². The maximum absolute atomic E-state index is 11.7. The summed E-state index contributed by atoms with van der Waals surface area (Å²) >= 11 is 0. The summed E-state index contributed by atoms with van der Waals surface area (Å²) in [4.78, 5) is 25.9. The highest BCUT2D eigenvalue weighted by Gasteiger charge is 2.19. The van der Waals surface area contributed by atoms with Crippen molar-refractivity contribution in [1.29, 1.82) is 0 Å². The molecule has 1 amide bonds. The highest BCUT2D eigenvalue weighted by molar-refractivity contribution is 5.94. The van der Waals surface area contributed by atoms with Crippen LogP contribution in [0.2, 0.25) is 0 Å². The van der Waals surface area contributed by atoms with Gasteiger partial charge in [-0.25, -0.2) is 4.79 Å². The third-order valence-corrected chi connectivity index (χ3v) is 3.08. The van der Waals surface area contributed by atoms with Crippen LogP contribution in [0.15, 0.2) is 42.5 Å². The maximum atomic E-state index is 11.7. The van der Waals surface area contributed by atoms with E-state index in [9.17, 15) is 9.59 Å². The van der Waals surface area contributed by atoms with Gasteiger partial charge in [-0.05, 0) is 12.1 Å². The van der Waals surface area contributed by atoms with Crippen molar-refractivity contribution < 1.29 is 14.7 Å². The van der Waals surface area contributed by atoms with Gasteiger partial charge in [-0.2, -0.15) is 0 Å². The molecule has 1 saturated heterocycles. The molecule has 0 unspecified atom stereocenters. The van der Waals surface area contributed by atoms with E-state index >= 15 is 0 Å². The number of para-hydroxylation sites is 1. The highest BCUT2D eigenvalue weighted by Crippen LogP contribution is 2.15. The molecule has 5 nitrogen and oxygen atoms in total. The van der Waals surface area contributed by atoms with E-state index in [1.54, 1.807) is 4.90 Å². The molecule has 0 saturated carbocycles. The lowest BCUT2D eigenvalue weighted by atomic mass is 10.2. The highest BCUT2D eigenvalue weighted by atomic mass is 16.4. The molecule has 1 aliphatic heterocycles. The number of amides is 1. The molecule has 2 rings (SSSR count). The van der Waals surface area contributed by atoms with Crippen molar-refractivity contribution in [3.8, 4) is 0 Å². The fourth-order valence-corrected chi connectivity index (χ4v) is 2.07. The lowest BCUT2D eigenvalue weighted by Gasteiger charge is -2.35. The molecule has 1 N–H and O–H groups in total. The SMILES string of the molecule is O=C(O)C=CC(=O)N1CCN(c2ccccc2)CC1. The van der Waals surface area contributed by atoms with Gasteiger partial charge in [-0.1, -0.05) is 18.2 Å². The van der Waals surface area contributed by atoms with E-state index in [-0.39, 0.29) is 5.91 Å². The Balaban J connectivity index is 1.89. The first-order valence-electron chi connectivity index (χ1n) is 6.17. The Bertz CT molecular complexity index is 477. The fraction of sp³-hybridized carbons (Fsp3) is 0.286. The Morgan fingerprint density at radius 2 is 1.63 bits per heavy atom. The number of carbonyl (C=O) groups is 2. The summed E-state index contributed by atoms with van der Waals surface area (Å²) in [6.07, 6.45) is 1.99. The van der Waals surface area contributed by atoms with Crippen molar-refractivity contribution in [2.45, 2.75) is 0 Å². The molecule has 1 aliphatic rings. The lowest BCUT2D eigenvalue weighted by Crippen LogP contribution is -2.48. The number of nitrogens with zero attached hydrogens (tertiary/aromatic N) is 2. The van der Waals surface area contributed by atoms with Gasteiger partial charge in [-0.3, -0.25) is 4.79 Å². The van der Waals surface area contributed by atoms with E-state index in [4.69, 9.17) is 5.11 Å². The summed E-state index contributed by atoms with van der Waals surface area (Å²) in [5.41, 5.74) is 1.15. The molecule has 19 heavy (non-hydrogen) atoms. The minimum Gasteiger partial charge on any atom is -0.478 e. The third-order valence-electron chi connectivity index (χ3n) is 3.08. The topological polar surface area (TPSA) is 60.9 Å². The maximum Gasteiger partial charge on any atom is 0.328 e. The van der Waals surface area contributed by atoms with E-state index < -0.39 is 5.97 Å². The van der Waals surface area contributed by atoms with Crippen molar-refractivity contribution in [3.63, 3.8) is 0 Å². The van der Waals surface area contributed by atoms with Crippen LogP contribution in [0.4, 0.5) is 5.69 Å². The Labute approximate surface area is 111 Å². The van der Waals surface area contributed by atoms with E-state index in [1.165, 1.54) is 0 Å². The summed E-state index contributed by atoms with van der Waals surface area (Å²) in [6.45, 7) is 2.74. The minimum atomic E-state index is -1.10. The number of rotatable bonds is 3. The van der Waals surface area contributed by atoms with Gasteiger partial charge in [0.25, 0.3) is 0 Å². The predicted molar refractivity (Wildman–Crippen MR) is 72.0 cm³/mol. The summed E-state index contributed by atoms with van der Waals surface area (Å²) in [5.74, 6) is -1.34. The van der Waals surface area contributed by atoms with Gasteiger partial charge in [0.15, 0.2) is 0 Å². The fourth-order valence-electron chi connectivity index (χ4n) is 2.07. The average molecular weight is 260 g/mol. The first kappa shape index (κ1) is 13.1. The summed E-state index contributed by atoms with van der Waals surface area (Å²) in [6, 6.07) is 10.0. The second-order valence-corrected chi connectivity index (χ2v) is 4.32. The number of anilines is 1. The normalized spacial score (nSPS) is 15.8. The van der Waals surface area contributed by atoms with Crippen molar-refractivity contribution in [3.05, 3.63) is 42.5 Å². The zero-order valence-electron chi connectivity index (χ0n) is 10.5. The van der Waals surface area contributed by atoms with Crippen LogP contribution in [0, 0.1) is 0 Å². The molecule has 0 bridgehead atoms. The Morgan fingerprint density at radius 1 is 1.00 bits per heavy atom. The molecule has 1 aromatic carbocycles. The molecule has 1 heterocycles. The second kappa shape index (κ2) is 6.04. The lowest BCUT2D eigenvalue weighted by molar-refractivity contribution is -0.132. The molecule has 0 atom stereocenters. The van der Waals surface area contributed by atoms with Crippen molar-refractivity contribution in [2.24, 2.45) is 0 Å². The quantitative estimate of drug-likeness (QED) is 0.823. The number of hydrogen-bond acceptors (Lipinski definition) is 3. The average Bonchev–Trinajstić information content (AvgIpc) is 2.46. The van der Waals surface area contributed by atoms with Gasteiger partial charge in [0.05, 0.1) is 0 Å². The standard InChI is InChI=1S/C14H16N2O3/c17-13(6-7-14(18)19)16-10-8-15(9-11-16)12-4-2-1-3-5-12/h1-7H,8-11H2,(H,18,19). The largest absolute Gasteiger partial charge is 0.478 e. The van der Waals surface area contributed by atoms with Crippen LogP contribution in [-0.4, -0.2) is 48.1 Å². The second-order valence-electron chi connectivity index (χ2n) is 4.32. The van der Waals surface area contributed by atoms with Crippen LogP contribution in [0.5, 0.6) is 0 Å². The molecular formula is C14H16N2O3. The van der Waals surface area contributed by atoms with Crippen LogP contribution in [0.3, 0.4) is 0 Å². The van der Waals surface area contributed by atoms with Gasteiger partial charge >= 0.3 is 5.97 Å². The Kier molecular flexibility index (Phi) is 4.18. The number of aliphatic carboxylic acids is 1. The number of piperazine rings is 1. The molecule has 5 heteroatoms. The molecule has 0 aliphatic carbocycles. The van der Waals surface area contributed by atoms with E-state index in [0.717, 1.165) is 30.9 Å². The van der Waals surface area contributed by atoms with E-state index in [2.05, 4.69) is 4.90 Å². The Hall–Kier alpha value is -2.30. The molecule has 1 aromatic rings. The molecule has 0 spiro atoms. The van der Waals surface area contributed by atoms with Gasteiger partial charge in [0.1, 0.15) is 0 Å². The zero-order chi connectivity index (χ0) is 13.7. The molecule has 100 valence electrons. The Morgan fingerprint density at radius 3 is 2.21 bits per heavy atom. The van der Waals surface area contributed by atoms with Crippen LogP contribution >= 0.6 is 0 Å². The number of carboxylic acids is 1. The number of carboxylic acid groups (broad SMARTS) is 1. The summed E-state index contributed by atoms with van der Waals surface area (Å²) in [5, 5.41) is 8.49. The summed E-state index contributed by atoms with van der Waals surface area (Å²) in [7, 11) is 0. The van der Waals surface area contributed by atoms with Crippen molar-refractivity contribution in [1.82, 2.24) is 4.90 Å². The van der Waals surface area contributed by atoms with E-state index in [0.29, 0.717) is 13.1 Å². The molecule has 0 aromatic heterocycles. The predicted octanol–water partition coefficient (Wildman–Crippen LogP) is 0.976. The van der Waals surface area contributed by atoms with Gasteiger partial charge in [-0.15, -0.1) is 0 Å². The van der Waals surface area contributed by atoms with Crippen LogP contribution < -0.4 is 4.90 Å². The zero-order valence-corrected chi connectivity index (χ0v) is 10.5. The third kappa shape index (κ3) is 3.58. The number of carbonyl (C=O) groups excluding carboxylic acids is 1. The van der Waals surface area contributed by atoms with Crippen molar-refractivity contribution in [2.75, 3.05) is 31.1 Å². The number of hydrogen-bond donors (Lipinski definition) is 1. The first-order chi connectivity index (χ1) is 9.16. The molecule has 1 fully saturated rings. The van der Waals surface area contributed by atoms with Crippen molar-refractivity contribution >= 4 is 17.6 Å². The van der Waals surface area contributed by atoms with Gasteiger partial charge in [0.2, 0.25) is 5.91 Å². The van der Waals surface area contributed by atoms with Gasteiger partial charge in [0, 0.05) is 44.0 Å². The van der Waals surface area contributed by atoms with E-state index in [1.807, 2.05) is 30.3 Å². The number of benzene rings is 1. The van der Waals surface area contributed by atoms with Crippen LogP contribution in [0.25, 0.3) is 0 Å². The monoisotopic (exact) mass is 260 g/mol.